The number of carbonyl (C=O) groups is 5. The fraction of sp³-hybridized carbons (Fsp3) is 0.325. The van der Waals surface area contributed by atoms with E-state index in [1.165, 1.54) is 32.2 Å². The van der Waals surface area contributed by atoms with Gasteiger partial charge in [0.1, 0.15) is 29.9 Å². The number of likely N-dealkylation sites (N-methyl/N-ethyl adjacent to an activating group) is 1. The molecular formula is C40H44ClN5O8. The van der Waals surface area contributed by atoms with Gasteiger partial charge in [0.15, 0.2) is 0 Å². The number of benzene rings is 3. The second-order valence-electron chi connectivity index (χ2n) is 13.5. The molecule has 2 aliphatic rings. The summed E-state index contributed by atoms with van der Waals surface area (Å²) in [5.41, 5.74) is 9.02. The highest BCUT2D eigenvalue weighted by atomic mass is 35.5. The molecule has 1 aliphatic heterocycles. The normalized spacial score (nSPS) is 20.6. The van der Waals surface area contributed by atoms with Crippen LogP contribution in [0.3, 0.4) is 0 Å². The Morgan fingerprint density at radius 2 is 1.65 bits per heavy atom. The first-order valence-corrected chi connectivity index (χ1v) is 18.0. The SMILES string of the molecule is C[C@@H]1NC(=O)[C@@H](N(C)C(=O)[C@H](CCCCN)NC(=O)c2ccc(-c3ccc(Cl)cc3)cc2)c2ccc(O)c(c2)C2=CC(=CCC2O)C[C@@H](C(=O)O)NC1=O. The van der Waals surface area contributed by atoms with Gasteiger partial charge in [0.05, 0.1) is 6.10 Å². The van der Waals surface area contributed by atoms with Gasteiger partial charge in [-0.2, -0.15) is 0 Å². The van der Waals surface area contributed by atoms with Crippen molar-refractivity contribution in [2.45, 2.75) is 69.3 Å². The van der Waals surface area contributed by atoms with Crippen LogP contribution < -0.4 is 21.7 Å². The Morgan fingerprint density at radius 1 is 0.981 bits per heavy atom. The maximum atomic E-state index is 14.4. The number of allylic oxidation sites excluding steroid dienone is 1. The summed E-state index contributed by atoms with van der Waals surface area (Å²) in [6, 6.07) is 13.3. The lowest BCUT2D eigenvalue weighted by atomic mass is 9.87. The summed E-state index contributed by atoms with van der Waals surface area (Å²) in [6.07, 6.45) is 3.40. The molecule has 3 aromatic carbocycles. The van der Waals surface area contributed by atoms with E-state index in [1.54, 1.807) is 48.6 Å². The van der Waals surface area contributed by atoms with Crippen molar-refractivity contribution in [3.63, 3.8) is 0 Å². The zero-order valence-electron chi connectivity index (χ0n) is 29.9. The standard InChI is InChI=1S/C40H44ClN5O8/c1-22-36(49)45-32(40(53)54)20-23-6-16-33(47)29(19-23)30-21-27(13-17-34(30)48)35(38(51)43-22)46(2)39(52)31(5-3-4-18-42)44-37(50)26-9-7-24(8-10-26)25-11-14-28(41)15-12-25/h6-15,17,19,21-22,31-33,35,47-48H,3-5,16,18,20,42H2,1-2H3,(H,43,51)(H,44,50)(H,45,49)(H,53,54)/t22-,31-,32-,33?,35-/m0/s1. The van der Waals surface area contributed by atoms with Crippen LogP contribution >= 0.6 is 11.6 Å². The number of aliphatic hydroxyl groups excluding tert-OH is 1. The summed E-state index contributed by atoms with van der Waals surface area (Å²) in [6.45, 7) is 1.75. The summed E-state index contributed by atoms with van der Waals surface area (Å²) in [4.78, 5) is 68.6. The molecule has 5 rings (SSSR count). The number of carbonyl (C=O) groups excluding carboxylic acids is 4. The van der Waals surface area contributed by atoms with Gasteiger partial charge in [0.2, 0.25) is 17.7 Å². The third kappa shape index (κ3) is 9.34. The molecule has 0 spiro atoms. The molecule has 0 saturated heterocycles. The number of hydrogen-bond acceptors (Lipinski definition) is 8. The summed E-state index contributed by atoms with van der Waals surface area (Å²) in [5, 5.41) is 40.3. The number of phenols is 1. The van der Waals surface area contributed by atoms with E-state index < -0.39 is 59.9 Å². The number of halogens is 1. The number of amides is 4. The van der Waals surface area contributed by atoms with Crippen LogP contribution in [0.4, 0.5) is 0 Å². The molecule has 0 radical (unpaired) electrons. The predicted octanol–water partition coefficient (Wildman–Crippen LogP) is 3.69. The minimum Gasteiger partial charge on any atom is -0.507 e. The number of hydrogen-bond donors (Lipinski definition) is 7. The van der Waals surface area contributed by atoms with E-state index in [2.05, 4.69) is 16.0 Å². The topological polar surface area (TPSA) is 211 Å². The van der Waals surface area contributed by atoms with Crippen LogP contribution in [0, 0.1) is 0 Å². The largest absolute Gasteiger partial charge is 0.507 e. The van der Waals surface area contributed by atoms with Crippen molar-refractivity contribution in [2.24, 2.45) is 5.73 Å². The zero-order valence-corrected chi connectivity index (χ0v) is 30.7. The molecule has 1 aliphatic carbocycles. The fourth-order valence-electron chi connectivity index (χ4n) is 6.56. The van der Waals surface area contributed by atoms with E-state index in [1.807, 2.05) is 12.1 Å². The molecule has 54 heavy (non-hydrogen) atoms. The molecule has 0 aromatic heterocycles. The number of nitrogens with two attached hydrogens (primary N) is 1. The number of nitrogens with one attached hydrogen (secondary N) is 3. The Kier molecular flexibility index (Phi) is 12.9. The van der Waals surface area contributed by atoms with Crippen molar-refractivity contribution in [1.82, 2.24) is 20.9 Å². The van der Waals surface area contributed by atoms with Gasteiger partial charge in [-0.05, 0) is 103 Å². The molecule has 1 unspecified atom stereocenters. The minimum atomic E-state index is -1.39. The van der Waals surface area contributed by atoms with E-state index in [9.17, 15) is 39.3 Å². The number of rotatable bonds is 10. The lowest BCUT2D eigenvalue weighted by molar-refractivity contribution is -0.143. The predicted molar refractivity (Wildman–Crippen MR) is 203 cm³/mol. The van der Waals surface area contributed by atoms with Crippen LogP contribution in [0.5, 0.6) is 5.75 Å². The molecule has 14 heteroatoms. The van der Waals surface area contributed by atoms with Gasteiger partial charge in [-0.3, -0.25) is 19.2 Å². The van der Waals surface area contributed by atoms with E-state index in [0.29, 0.717) is 35.5 Å². The molecule has 284 valence electrons. The first-order chi connectivity index (χ1) is 25.8. The maximum Gasteiger partial charge on any atom is 0.326 e. The number of fused-ring (bicyclic) bond motifs is 4. The first-order valence-electron chi connectivity index (χ1n) is 17.7. The summed E-state index contributed by atoms with van der Waals surface area (Å²) >= 11 is 6.02. The first kappa shape index (κ1) is 39.7. The van der Waals surface area contributed by atoms with E-state index in [-0.39, 0.29) is 41.7 Å². The number of nitrogens with zero attached hydrogens (tertiary/aromatic N) is 1. The molecule has 4 bridgehead atoms. The van der Waals surface area contributed by atoms with Crippen LogP contribution in [0.25, 0.3) is 16.7 Å². The highest BCUT2D eigenvalue weighted by Crippen LogP contribution is 2.36. The van der Waals surface area contributed by atoms with E-state index >= 15 is 0 Å². The molecule has 5 atom stereocenters. The Balaban J connectivity index is 1.49. The van der Waals surface area contributed by atoms with Crippen molar-refractivity contribution in [3.8, 4) is 16.9 Å². The lowest BCUT2D eigenvalue weighted by Crippen LogP contribution is -2.54. The molecule has 0 saturated carbocycles. The average molecular weight is 758 g/mol. The fourth-order valence-corrected chi connectivity index (χ4v) is 6.69. The third-order valence-corrected chi connectivity index (χ3v) is 9.87. The van der Waals surface area contributed by atoms with Crippen molar-refractivity contribution in [2.75, 3.05) is 13.6 Å². The smallest absolute Gasteiger partial charge is 0.326 e. The number of phenolic OH excluding ortho intramolecular Hbond substituents is 1. The van der Waals surface area contributed by atoms with Gasteiger partial charge in [-0.15, -0.1) is 0 Å². The van der Waals surface area contributed by atoms with Crippen molar-refractivity contribution >= 4 is 46.8 Å². The van der Waals surface area contributed by atoms with Gasteiger partial charge < -0.3 is 41.9 Å². The Labute approximate surface area is 317 Å². The molecule has 0 fully saturated rings. The summed E-state index contributed by atoms with van der Waals surface area (Å²) < 4.78 is 0. The molecule has 3 aromatic rings. The Hall–Kier alpha value is -5.50. The van der Waals surface area contributed by atoms with E-state index in [0.717, 1.165) is 16.0 Å². The minimum absolute atomic E-state index is 0.109. The Morgan fingerprint density at radius 3 is 2.30 bits per heavy atom. The highest BCUT2D eigenvalue weighted by molar-refractivity contribution is 6.30. The number of unbranched alkanes of at least 4 members (excludes halogenated alkanes) is 1. The molecule has 4 amide bonds. The van der Waals surface area contributed by atoms with Crippen LogP contribution in [0.15, 0.2) is 84.5 Å². The van der Waals surface area contributed by atoms with Crippen LogP contribution in [-0.4, -0.2) is 87.6 Å². The summed E-state index contributed by atoms with van der Waals surface area (Å²) in [5.74, 6) is -4.18. The van der Waals surface area contributed by atoms with Gasteiger partial charge >= 0.3 is 5.97 Å². The van der Waals surface area contributed by atoms with Gasteiger partial charge in [0.25, 0.3) is 5.91 Å². The number of aliphatic hydroxyl groups is 1. The quantitative estimate of drug-likeness (QED) is 0.150. The second-order valence-corrected chi connectivity index (χ2v) is 13.9. The second kappa shape index (κ2) is 17.5. The van der Waals surface area contributed by atoms with Crippen molar-refractivity contribution in [3.05, 3.63) is 106 Å². The number of aromatic hydroxyl groups is 1. The molecular weight excluding hydrogens is 714 g/mol. The molecule has 8 N–H and O–H groups in total. The van der Waals surface area contributed by atoms with Crippen LogP contribution in [0.2, 0.25) is 5.02 Å². The van der Waals surface area contributed by atoms with Crippen molar-refractivity contribution in [1.29, 1.82) is 0 Å². The monoisotopic (exact) mass is 757 g/mol. The zero-order chi connectivity index (χ0) is 39.1. The molecule has 13 nitrogen and oxygen atoms in total. The summed E-state index contributed by atoms with van der Waals surface area (Å²) in [7, 11) is 1.39. The highest BCUT2D eigenvalue weighted by Gasteiger charge is 2.36. The van der Waals surface area contributed by atoms with Gasteiger partial charge in [0, 0.05) is 29.6 Å². The maximum absolute atomic E-state index is 14.4. The van der Waals surface area contributed by atoms with Gasteiger partial charge in [-0.25, -0.2) is 4.79 Å². The molecule has 1 heterocycles. The lowest BCUT2D eigenvalue weighted by Gasteiger charge is -2.33. The van der Waals surface area contributed by atoms with Crippen LogP contribution in [-0.2, 0) is 19.2 Å². The van der Waals surface area contributed by atoms with Gasteiger partial charge in [-0.1, -0.05) is 54.1 Å². The number of carboxylic acids is 1. The number of aliphatic carboxylic acids is 1. The van der Waals surface area contributed by atoms with Crippen molar-refractivity contribution < 1.29 is 39.3 Å². The Bertz CT molecular complexity index is 1960. The van der Waals surface area contributed by atoms with Crippen LogP contribution in [0.1, 0.15) is 66.6 Å². The average Bonchev–Trinajstić information content (AvgIpc) is 3.15. The van der Waals surface area contributed by atoms with E-state index in [4.69, 9.17) is 17.3 Å². The third-order valence-electron chi connectivity index (χ3n) is 9.62. The number of carboxylic acid groups (broad SMARTS) is 1.